The molecular formula is C25H22F2N4O3. The number of nitrogens with one attached hydrogen (secondary N) is 1. The minimum Gasteiger partial charge on any atom is -0.494 e. The first kappa shape index (κ1) is 21.7. The van der Waals surface area contributed by atoms with E-state index in [9.17, 15) is 14.3 Å². The maximum absolute atomic E-state index is 16.0. The number of hydrogen-bond acceptors (Lipinski definition) is 5. The van der Waals surface area contributed by atoms with Crippen molar-refractivity contribution in [2.24, 2.45) is 0 Å². The van der Waals surface area contributed by atoms with E-state index in [1.165, 1.54) is 25.3 Å². The summed E-state index contributed by atoms with van der Waals surface area (Å²) in [5.41, 5.74) is 1.71. The average molecular weight is 464 g/mol. The first-order valence-corrected chi connectivity index (χ1v) is 10.6. The lowest BCUT2D eigenvalue weighted by molar-refractivity contribution is 0.0697. The van der Waals surface area contributed by atoms with E-state index >= 15 is 4.39 Å². The van der Waals surface area contributed by atoms with E-state index in [4.69, 9.17) is 4.74 Å². The lowest BCUT2D eigenvalue weighted by Crippen LogP contribution is -2.53. The topological polar surface area (TPSA) is 81.7 Å². The van der Waals surface area contributed by atoms with E-state index in [0.29, 0.717) is 29.0 Å². The molecule has 0 radical (unpaired) electrons. The highest BCUT2D eigenvalue weighted by atomic mass is 19.1. The van der Waals surface area contributed by atoms with Crippen molar-refractivity contribution < 1.29 is 23.4 Å². The summed E-state index contributed by atoms with van der Waals surface area (Å²) in [7, 11) is 1.39. The molecule has 0 spiro atoms. The van der Waals surface area contributed by atoms with E-state index in [-0.39, 0.29) is 22.5 Å². The second-order valence-electron chi connectivity index (χ2n) is 8.80. The highest BCUT2D eigenvalue weighted by molar-refractivity contribution is 5.97. The fourth-order valence-electron chi connectivity index (χ4n) is 4.62. The van der Waals surface area contributed by atoms with E-state index in [2.05, 4.69) is 10.2 Å². The van der Waals surface area contributed by atoms with Gasteiger partial charge in [0, 0.05) is 29.4 Å². The van der Waals surface area contributed by atoms with Gasteiger partial charge in [-0.2, -0.15) is 5.10 Å². The standard InChI is InChI=1S/C25H22F2N4O3/c1-25(2)13-30(16-6-4-5-14(9-16)24(32)33)23-19(10-15-12-28-29-22(15)21(23)27)31(25)17-7-8-18(26)20(11-17)34-3/h4-12H,13H2,1-3H3,(H,28,29)(H,32,33). The maximum atomic E-state index is 16.0. The average Bonchev–Trinajstić information content (AvgIpc) is 3.28. The van der Waals surface area contributed by atoms with Crippen LogP contribution in [0.25, 0.3) is 10.9 Å². The van der Waals surface area contributed by atoms with Gasteiger partial charge in [0.1, 0.15) is 11.2 Å². The van der Waals surface area contributed by atoms with Gasteiger partial charge in [-0.05, 0) is 50.2 Å². The molecule has 1 aliphatic heterocycles. The van der Waals surface area contributed by atoms with Crippen molar-refractivity contribution in [1.29, 1.82) is 0 Å². The molecule has 3 aromatic carbocycles. The lowest BCUT2D eigenvalue weighted by atomic mass is 9.93. The molecule has 2 N–H and O–H groups in total. The molecule has 7 nitrogen and oxygen atoms in total. The molecule has 0 aliphatic carbocycles. The number of halogens is 2. The number of H-pyrrole nitrogens is 1. The maximum Gasteiger partial charge on any atom is 0.335 e. The number of rotatable bonds is 4. The molecule has 0 amide bonds. The predicted molar refractivity (Wildman–Crippen MR) is 126 cm³/mol. The Morgan fingerprint density at radius 1 is 1.15 bits per heavy atom. The lowest BCUT2D eigenvalue weighted by Gasteiger charge is -2.50. The smallest absolute Gasteiger partial charge is 0.335 e. The van der Waals surface area contributed by atoms with Crippen LogP contribution in [0, 0.1) is 11.6 Å². The van der Waals surface area contributed by atoms with Crippen LogP contribution in [-0.2, 0) is 0 Å². The molecule has 0 saturated carbocycles. The van der Waals surface area contributed by atoms with Crippen molar-refractivity contribution in [1.82, 2.24) is 10.2 Å². The zero-order valence-corrected chi connectivity index (χ0v) is 18.8. The molecule has 174 valence electrons. The molecule has 0 unspecified atom stereocenters. The third-order valence-corrected chi connectivity index (χ3v) is 6.09. The van der Waals surface area contributed by atoms with Gasteiger partial charge in [0.15, 0.2) is 17.4 Å². The van der Waals surface area contributed by atoms with E-state index < -0.39 is 23.1 Å². The Kier molecular flexibility index (Phi) is 4.93. The molecule has 2 heterocycles. The Morgan fingerprint density at radius 3 is 2.68 bits per heavy atom. The highest BCUT2D eigenvalue weighted by Crippen LogP contribution is 2.50. The van der Waals surface area contributed by atoms with Gasteiger partial charge < -0.3 is 19.6 Å². The number of aromatic amines is 1. The Hall–Kier alpha value is -4.14. The number of aromatic carboxylic acids is 1. The number of methoxy groups -OCH3 is 1. The highest BCUT2D eigenvalue weighted by Gasteiger charge is 2.41. The van der Waals surface area contributed by atoms with Gasteiger partial charge in [-0.3, -0.25) is 5.10 Å². The number of aromatic nitrogens is 2. The summed E-state index contributed by atoms with van der Waals surface area (Å²) in [5.74, 6) is -2.00. The fourth-order valence-corrected chi connectivity index (χ4v) is 4.62. The fraction of sp³-hybridized carbons (Fsp3) is 0.200. The monoisotopic (exact) mass is 464 g/mol. The van der Waals surface area contributed by atoms with Gasteiger partial charge in [-0.15, -0.1) is 0 Å². The number of carboxylic acid groups (broad SMARTS) is 1. The summed E-state index contributed by atoms with van der Waals surface area (Å²) >= 11 is 0. The summed E-state index contributed by atoms with van der Waals surface area (Å²) < 4.78 is 35.3. The van der Waals surface area contributed by atoms with Crippen LogP contribution < -0.4 is 14.5 Å². The van der Waals surface area contributed by atoms with Crippen LogP contribution in [0.4, 0.5) is 31.5 Å². The minimum absolute atomic E-state index is 0.0799. The van der Waals surface area contributed by atoms with Crippen LogP contribution in [0.5, 0.6) is 5.75 Å². The van der Waals surface area contributed by atoms with Crippen LogP contribution in [0.1, 0.15) is 24.2 Å². The van der Waals surface area contributed by atoms with Crippen molar-refractivity contribution in [3.05, 3.63) is 71.9 Å². The van der Waals surface area contributed by atoms with E-state index in [1.54, 1.807) is 35.4 Å². The summed E-state index contributed by atoms with van der Waals surface area (Å²) in [4.78, 5) is 15.3. The third kappa shape index (κ3) is 3.32. The second-order valence-corrected chi connectivity index (χ2v) is 8.80. The number of fused-ring (bicyclic) bond motifs is 2. The summed E-state index contributed by atoms with van der Waals surface area (Å²) in [5, 5.41) is 16.8. The summed E-state index contributed by atoms with van der Waals surface area (Å²) in [6.45, 7) is 4.29. The molecule has 0 bridgehead atoms. The summed E-state index contributed by atoms with van der Waals surface area (Å²) in [6.07, 6.45) is 1.54. The molecule has 1 aromatic heterocycles. The van der Waals surface area contributed by atoms with Crippen LogP contribution in [0.3, 0.4) is 0 Å². The molecule has 4 aromatic rings. The number of hydrogen-bond donors (Lipinski definition) is 2. The van der Waals surface area contributed by atoms with Gasteiger partial charge in [-0.25, -0.2) is 13.6 Å². The van der Waals surface area contributed by atoms with E-state index in [1.807, 2.05) is 24.8 Å². The summed E-state index contributed by atoms with van der Waals surface area (Å²) in [6, 6.07) is 12.7. The van der Waals surface area contributed by atoms with Crippen molar-refractivity contribution in [2.75, 3.05) is 23.5 Å². The molecule has 0 atom stereocenters. The molecule has 5 rings (SSSR count). The quantitative estimate of drug-likeness (QED) is 0.408. The SMILES string of the molecule is COc1cc(N2c3cc4cn[nH]c4c(F)c3N(c3cccc(C(=O)O)c3)CC2(C)C)ccc1F. The van der Waals surface area contributed by atoms with Crippen LogP contribution >= 0.6 is 0 Å². The van der Waals surface area contributed by atoms with Crippen molar-refractivity contribution in [3.8, 4) is 5.75 Å². The van der Waals surface area contributed by atoms with Gasteiger partial charge in [0.05, 0.1) is 30.1 Å². The molecule has 0 fully saturated rings. The molecule has 9 heteroatoms. The molecule has 0 saturated heterocycles. The number of benzene rings is 3. The van der Waals surface area contributed by atoms with Gasteiger partial charge in [-0.1, -0.05) is 6.07 Å². The molecular weight excluding hydrogens is 442 g/mol. The van der Waals surface area contributed by atoms with Crippen molar-refractivity contribution in [3.63, 3.8) is 0 Å². The van der Waals surface area contributed by atoms with Crippen molar-refractivity contribution in [2.45, 2.75) is 19.4 Å². The second kappa shape index (κ2) is 7.72. The number of nitrogens with zero attached hydrogens (tertiary/aromatic N) is 3. The first-order valence-electron chi connectivity index (χ1n) is 10.6. The Bertz CT molecular complexity index is 1430. The van der Waals surface area contributed by atoms with E-state index in [0.717, 1.165) is 0 Å². The zero-order valence-electron chi connectivity index (χ0n) is 18.8. The van der Waals surface area contributed by atoms with Gasteiger partial charge >= 0.3 is 5.97 Å². The van der Waals surface area contributed by atoms with Crippen LogP contribution in [-0.4, -0.2) is 40.5 Å². The first-order chi connectivity index (χ1) is 16.2. The number of anilines is 4. The third-order valence-electron chi connectivity index (χ3n) is 6.09. The van der Waals surface area contributed by atoms with Gasteiger partial charge in [0.25, 0.3) is 0 Å². The Balaban J connectivity index is 1.79. The minimum atomic E-state index is -1.07. The number of ether oxygens (including phenoxy) is 1. The zero-order chi connectivity index (χ0) is 24.2. The van der Waals surface area contributed by atoms with Crippen LogP contribution in [0.2, 0.25) is 0 Å². The molecule has 34 heavy (non-hydrogen) atoms. The van der Waals surface area contributed by atoms with Crippen molar-refractivity contribution >= 4 is 39.6 Å². The number of carbonyl (C=O) groups is 1. The largest absolute Gasteiger partial charge is 0.494 e. The Morgan fingerprint density at radius 2 is 1.94 bits per heavy atom. The number of carboxylic acids is 1. The normalized spacial score (nSPS) is 14.9. The predicted octanol–water partition coefficient (Wildman–Crippen LogP) is 5.62. The van der Waals surface area contributed by atoms with Crippen LogP contribution in [0.15, 0.2) is 54.7 Å². The van der Waals surface area contributed by atoms with Gasteiger partial charge in [0.2, 0.25) is 0 Å². The Labute approximate surface area is 194 Å². The molecule has 1 aliphatic rings.